The first-order valence-electron chi connectivity index (χ1n) is 6.60. The molecular weight excluding hydrogens is 240 g/mol. The van der Waals surface area contributed by atoms with Crippen molar-refractivity contribution < 1.29 is 4.79 Å². The largest absolute Gasteiger partial charge is 0.385 e. The number of nitrogens with one attached hydrogen (secondary N) is 3. The van der Waals surface area contributed by atoms with Crippen LogP contribution in [0.25, 0.3) is 0 Å². The highest BCUT2D eigenvalue weighted by molar-refractivity contribution is 5.92. The predicted octanol–water partition coefficient (Wildman–Crippen LogP) is 1.16. The monoisotopic (exact) mass is 260 g/mol. The lowest BCUT2D eigenvalue weighted by Gasteiger charge is -2.14. The topological polar surface area (TPSA) is 66.1 Å². The van der Waals surface area contributed by atoms with Crippen molar-refractivity contribution in [3.8, 4) is 0 Å². The number of carbonyl (C=O) groups excluding carboxylic acids is 1. The molecule has 0 fully saturated rings. The third-order valence-electron chi connectivity index (χ3n) is 3.15. The van der Waals surface area contributed by atoms with Crippen LogP contribution in [0.5, 0.6) is 0 Å². The van der Waals surface area contributed by atoms with Crippen molar-refractivity contribution in [2.75, 3.05) is 32.0 Å². The molecule has 2 rings (SSSR count). The van der Waals surface area contributed by atoms with E-state index in [-0.39, 0.29) is 5.91 Å². The number of pyridine rings is 1. The Morgan fingerprint density at radius 2 is 2.42 bits per heavy atom. The minimum absolute atomic E-state index is 0.162. The van der Waals surface area contributed by atoms with Crippen molar-refractivity contribution in [2.45, 2.75) is 12.8 Å². The van der Waals surface area contributed by atoms with Crippen molar-refractivity contribution in [2.24, 2.45) is 0 Å². The lowest BCUT2D eigenvalue weighted by Crippen LogP contribution is -2.21. The van der Waals surface area contributed by atoms with Gasteiger partial charge in [-0.15, -0.1) is 0 Å². The first-order chi connectivity index (χ1) is 9.29. The van der Waals surface area contributed by atoms with Gasteiger partial charge in [0.2, 0.25) is 0 Å². The van der Waals surface area contributed by atoms with Crippen molar-refractivity contribution in [1.82, 2.24) is 15.6 Å². The van der Waals surface area contributed by atoms with Gasteiger partial charge in [0.25, 0.3) is 5.91 Å². The van der Waals surface area contributed by atoms with Crippen LogP contribution in [-0.2, 0) is 0 Å². The van der Waals surface area contributed by atoms with Crippen LogP contribution in [0.3, 0.4) is 0 Å². The lowest BCUT2D eigenvalue weighted by molar-refractivity contribution is 0.0958. The van der Waals surface area contributed by atoms with E-state index in [2.05, 4.69) is 27.0 Å². The molecule has 5 nitrogen and oxygen atoms in total. The molecule has 0 saturated heterocycles. The highest BCUT2D eigenvalue weighted by Crippen LogP contribution is 2.12. The summed E-state index contributed by atoms with van der Waals surface area (Å²) in [6, 6.07) is 3.65. The summed E-state index contributed by atoms with van der Waals surface area (Å²) in [5.74, 6) is -0.162. The molecule has 0 atom stereocenters. The number of nitrogens with zero attached hydrogens (tertiary/aromatic N) is 1. The van der Waals surface area contributed by atoms with Gasteiger partial charge < -0.3 is 16.0 Å². The zero-order valence-electron chi connectivity index (χ0n) is 11.2. The molecular formula is C14H20N4O. The van der Waals surface area contributed by atoms with Crippen LogP contribution >= 0.6 is 0 Å². The highest BCUT2D eigenvalue weighted by atomic mass is 16.1. The summed E-state index contributed by atoms with van der Waals surface area (Å²) in [5, 5.41) is 9.20. The van der Waals surface area contributed by atoms with Crippen LogP contribution < -0.4 is 16.0 Å². The Bertz CT molecular complexity index is 470. The highest BCUT2D eigenvalue weighted by Gasteiger charge is 2.06. The number of anilines is 1. The van der Waals surface area contributed by atoms with Crippen molar-refractivity contribution in [1.29, 1.82) is 0 Å². The van der Waals surface area contributed by atoms with Crippen LogP contribution in [0.1, 0.15) is 23.3 Å². The van der Waals surface area contributed by atoms with E-state index < -0.39 is 0 Å². The summed E-state index contributed by atoms with van der Waals surface area (Å²) in [6.07, 6.45) is 6.07. The van der Waals surface area contributed by atoms with E-state index in [1.165, 1.54) is 5.57 Å². The second-order valence-electron chi connectivity index (χ2n) is 4.50. The molecule has 5 heteroatoms. The summed E-state index contributed by atoms with van der Waals surface area (Å²) in [7, 11) is 1.60. The van der Waals surface area contributed by atoms with Gasteiger partial charge in [-0.3, -0.25) is 9.78 Å². The van der Waals surface area contributed by atoms with Crippen LogP contribution in [-0.4, -0.2) is 37.6 Å². The Balaban J connectivity index is 1.85. The third kappa shape index (κ3) is 4.06. The molecule has 0 aromatic carbocycles. The molecule has 2 heterocycles. The van der Waals surface area contributed by atoms with Crippen LogP contribution in [0, 0.1) is 0 Å². The molecule has 1 amide bonds. The van der Waals surface area contributed by atoms with E-state index in [4.69, 9.17) is 0 Å². The molecule has 0 radical (unpaired) electrons. The van der Waals surface area contributed by atoms with Gasteiger partial charge in [0.15, 0.2) is 0 Å². The number of hydrogen-bond donors (Lipinski definition) is 3. The van der Waals surface area contributed by atoms with E-state index >= 15 is 0 Å². The lowest BCUT2D eigenvalue weighted by atomic mass is 10.1. The number of rotatable bonds is 5. The Morgan fingerprint density at radius 3 is 3.16 bits per heavy atom. The van der Waals surface area contributed by atoms with E-state index in [0.29, 0.717) is 5.69 Å². The molecule has 3 N–H and O–H groups in total. The molecule has 1 aliphatic heterocycles. The molecule has 1 aromatic rings. The Morgan fingerprint density at radius 1 is 1.53 bits per heavy atom. The molecule has 1 aromatic heterocycles. The van der Waals surface area contributed by atoms with Gasteiger partial charge in [-0.25, -0.2) is 0 Å². The number of aromatic nitrogens is 1. The molecule has 1 aliphatic rings. The SMILES string of the molecule is CNC(=O)c1cc(NCCC2=CCNCC2)ccn1. The summed E-state index contributed by atoms with van der Waals surface area (Å²) < 4.78 is 0. The summed E-state index contributed by atoms with van der Waals surface area (Å²) in [4.78, 5) is 15.5. The van der Waals surface area contributed by atoms with Crippen LogP contribution in [0.4, 0.5) is 5.69 Å². The molecule has 0 unspecified atom stereocenters. The van der Waals surface area contributed by atoms with Gasteiger partial charge in [0, 0.05) is 32.0 Å². The molecule has 0 aliphatic carbocycles. The van der Waals surface area contributed by atoms with Crippen molar-refractivity contribution in [3.05, 3.63) is 35.7 Å². The summed E-state index contributed by atoms with van der Waals surface area (Å²) in [5.41, 5.74) is 2.86. The van der Waals surface area contributed by atoms with Gasteiger partial charge >= 0.3 is 0 Å². The minimum atomic E-state index is -0.162. The van der Waals surface area contributed by atoms with Crippen LogP contribution in [0.15, 0.2) is 30.0 Å². The van der Waals surface area contributed by atoms with Crippen LogP contribution in [0.2, 0.25) is 0 Å². The van der Waals surface area contributed by atoms with Gasteiger partial charge in [0.1, 0.15) is 5.69 Å². The maximum atomic E-state index is 11.5. The first kappa shape index (κ1) is 13.5. The Kier molecular flexibility index (Phi) is 4.92. The molecule has 0 spiro atoms. The normalized spacial score (nSPS) is 14.7. The summed E-state index contributed by atoms with van der Waals surface area (Å²) >= 11 is 0. The maximum absolute atomic E-state index is 11.5. The van der Waals surface area contributed by atoms with Crippen molar-refractivity contribution in [3.63, 3.8) is 0 Å². The predicted molar refractivity (Wildman–Crippen MR) is 76.3 cm³/mol. The number of amides is 1. The second-order valence-corrected chi connectivity index (χ2v) is 4.50. The van der Waals surface area contributed by atoms with E-state index in [0.717, 1.165) is 38.2 Å². The van der Waals surface area contributed by atoms with Crippen molar-refractivity contribution >= 4 is 11.6 Å². The van der Waals surface area contributed by atoms with Gasteiger partial charge in [-0.05, 0) is 31.5 Å². The molecule has 0 saturated carbocycles. The fourth-order valence-corrected chi connectivity index (χ4v) is 2.06. The molecule has 0 bridgehead atoms. The van der Waals surface area contributed by atoms with Gasteiger partial charge in [-0.1, -0.05) is 11.6 Å². The Labute approximate surface area is 113 Å². The fourth-order valence-electron chi connectivity index (χ4n) is 2.06. The van der Waals surface area contributed by atoms with E-state index in [1.807, 2.05) is 6.07 Å². The zero-order chi connectivity index (χ0) is 13.5. The first-order valence-corrected chi connectivity index (χ1v) is 6.60. The fraction of sp³-hybridized carbons (Fsp3) is 0.429. The second kappa shape index (κ2) is 6.89. The average Bonchev–Trinajstić information content (AvgIpc) is 2.48. The third-order valence-corrected chi connectivity index (χ3v) is 3.15. The average molecular weight is 260 g/mol. The standard InChI is InChI=1S/C14H20N4O/c1-15-14(19)13-10-12(5-9-18-13)17-8-4-11-2-6-16-7-3-11/h2,5,9-10,16H,3-4,6-8H2,1H3,(H,15,19)(H,17,18). The number of carbonyl (C=O) groups is 1. The van der Waals surface area contributed by atoms with E-state index in [1.54, 1.807) is 19.3 Å². The quantitative estimate of drug-likeness (QED) is 0.695. The minimum Gasteiger partial charge on any atom is -0.385 e. The van der Waals surface area contributed by atoms with E-state index in [9.17, 15) is 4.79 Å². The van der Waals surface area contributed by atoms with Gasteiger partial charge in [-0.2, -0.15) is 0 Å². The molecule has 102 valence electrons. The summed E-state index contributed by atoms with van der Waals surface area (Å²) in [6.45, 7) is 2.93. The smallest absolute Gasteiger partial charge is 0.269 e. The maximum Gasteiger partial charge on any atom is 0.269 e. The Hall–Kier alpha value is -1.88. The molecule has 19 heavy (non-hydrogen) atoms. The van der Waals surface area contributed by atoms with Gasteiger partial charge in [0.05, 0.1) is 0 Å². The number of hydrogen-bond acceptors (Lipinski definition) is 4. The zero-order valence-corrected chi connectivity index (χ0v) is 11.2.